The molecule has 2 aromatic carbocycles. The second-order valence-electron chi connectivity index (χ2n) is 6.14. The predicted octanol–water partition coefficient (Wildman–Crippen LogP) is 3.00. The molecule has 2 rings (SSSR count). The molecule has 0 spiro atoms. The molecule has 1 amide bonds. The van der Waals surface area contributed by atoms with Crippen LogP contribution in [0.4, 0.5) is 10.1 Å². The summed E-state index contributed by atoms with van der Waals surface area (Å²) < 4.78 is 39.6. The van der Waals surface area contributed by atoms with Gasteiger partial charge in [-0.15, -0.1) is 0 Å². The topological polar surface area (TPSA) is 66.5 Å². The molecule has 0 heterocycles. The highest BCUT2D eigenvalue weighted by Gasteiger charge is 2.32. The number of rotatable bonds is 7. The van der Waals surface area contributed by atoms with E-state index in [1.807, 2.05) is 31.2 Å². The van der Waals surface area contributed by atoms with E-state index < -0.39 is 27.8 Å². The summed E-state index contributed by atoms with van der Waals surface area (Å²) in [6.45, 7) is 3.92. The predicted molar refractivity (Wildman–Crippen MR) is 101 cm³/mol. The van der Waals surface area contributed by atoms with Crippen molar-refractivity contribution in [3.8, 4) is 0 Å². The number of halogens is 1. The Morgan fingerprint density at radius 1 is 1.15 bits per heavy atom. The van der Waals surface area contributed by atoms with Crippen molar-refractivity contribution in [1.29, 1.82) is 0 Å². The van der Waals surface area contributed by atoms with Gasteiger partial charge >= 0.3 is 0 Å². The number of hydrogen-bond donors (Lipinski definition) is 1. The van der Waals surface area contributed by atoms with Gasteiger partial charge in [-0.2, -0.15) is 0 Å². The zero-order valence-corrected chi connectivity index (χ0v) is 15.9. The lowest BCUT2D eigenvalue weighted by Gasteiger charge is -2.30. The van der Waals surface area contributed by atoms with Gasteiger partial charge < -0.3 is 5.32 Å². The van der Waals surface area contributed by atoms with E-state index in [0.717, 1.165) is 21.7 Å². The number of nitrogens with one attached hydrogen (secondary N) is 1. The third-order valence-corrected chi connectivity index (χ3v) is 5.17. The highest BCUT2D eigenvalue weighted by atomic mass is 32.2. The molecule has 1 N–H and O–H groups in total. The van der Waals surface area contributed by atoms with Crippen LogP contribution in [0.2, 0.25) is 0 Å². The van der Waals surface area contributed by atoms with E-state index in [-0.39, 0.29) is 18.7 Å². The first-order chi connectivity index (χ1) is 12.2. The number of carbonyl (C=O) groups is 1. The monoisotopic (exact) mass is 378 g/mol. The molecule has 2 aromatic rings. The number of nitrogens with zero attached hydrogens (tertiary/aromatic N) is 1. The van der Waals surface area contributed by atoms with Crippen molar-refractivity contribution in [1.82, 2.24) is 5.32 Å². The SMILES string of the molecule is CCC(C(=O)NCc1ccc(C)cc1)N(c1ccccc1F)S(C)(=O)=O. The molecule has 0 fully saturated rings. The van der Waals surface area contributed by atoms with Crippen LogP contribution in [-0.2, 0) is 21.4 Å². The van der Waals surface area contributed by atoms with Gasteiger partial charge in [0.05, 0.1) is 11.9 Å². The fourth-order valence-corrected chi connectivity index (χ4v) is 3.89. The van der Waals surface area contributed by atoms with Crippen molar-refractivity contribution < 1.29 is 17.6 Å². The summed E-state index contributed by atoms with van der Waals surface area (Å²) in [4.78, 5) is 12.6. The Kier molecular flexibility index (Phi) is 6.37. The second-order valence-corrected chi connectivity index (χ2v) is 8.00. The number of aryl methyl sites for hydroxylation is 1. The summed E-state index contributed by atoms with van der Waals surface area (Å²) in [6, 6.07) is 12.1. The largest absolute Gasteiger partial charge is 0.350 e. The minimum atomic E-state index is -3.85. The first kappa shape index (κ1) is 19.9. The third-order valence-electron chi connectivity index (χ3n) is 4.01. The maximum atomic E-state index is 14.2. The van der Waals surface area contributed by atoms with Crippen molar-refractivity contribution in [2.24, 2.45) is 0 Å². The molecule has 0 bridgehead atoms. The summed E-state index contributed by atoms with van der Waals surface area (Å²) in [7, 11) is -3.85. The molecule has 7 heteroatoms. The number of amides is 1. The Labute approximate surface area is 153 Å². The van der Waals surface area contributed by atoms with Crippen LogP contribution in [0.25, 0.3) is 0 Å². The van der Waals surface area contributed by atoms with E-state index in [9.17, 15) is 17.6 Å². The van der Waals surface area contributed by atoms with Crippen molar-refractivity contribution in [2.45, 2.75) is 32.9 Å². The van der Waals surface area contributed by atoms with Gasteiger partial charge in [-0.3, -0.25) is 9.10 Å². The van der Waals surface area contributed by atoms with Gasteiger partial charge in [0.1, 0.15) is 11.9 Å². The van der Waals surface area contributed by atoms with Crippen LogP contribution in [0.1, 0.15) is 24.5 Å². The van der Waals surface area contributed by atoms with Crippen molar-refractivity contribution >= 4 is 21.6 Å². The average Bonchev–Trinajstić information content (AvgIpc) is 2.58. The minimum absolute atomic E-state index is 0.132. The summed E-state index contributed by atoms with van der Waals surface area (Å²) in [5.41, 5.74) is 1.87. The summed E-state index contributed by atoms with van der Waals surface area (Å²) >= 11 is 0. The highest BCUT2D eigenvalue weighted by molar-refractivity contribution is 7.92. The van der Waals surface area contributed by atoms with Gasteiger partial charge in [0, 0.05) is 6.54 Å². The zero-order chi connectivity index (χ0) is 19.3. The van der Waals surface area contributed by atoms with Gasteiger partial charge in [0.15, 0.2) is 0 Å². The van der Waals surface area contributed by atoms with Crippen LogP contribution in [0.3, 0.4) is 0 Å². The smallest absolute Gasteiger partial charge is 0.244 e. The van der Waals surface area contributed by atoms with E-state index in [0.29, 0.717) is 0 Å². The highest BCUT2D eigenvalue weighted by Crippen LogP contribution is 2.25. The Hall–Kier alpha value is -2.41. The van der Waals surface area contributed by atoms with Gasteiger partial charge in [-0.05, 0) is 31.0 Å². The molecule has 0 aromatic heterocycles. The fourth-order valence-electron chi connectivity index (χ4n) is 2.68. The van der Waals surface area contributed by atoms with Crippen molar-refractivity contribution in [3.05, 3.63) is 65.5 Å². The first-order valence-electron chi connectivity index (χ1n) is 8.31. The molecule has 0 radical (unpaired) electrons. The maximum Gasteiger partial charge on any atom is 0.244 e. The summed E-state index contributed by atoms with van der Waals surface area (Å²) in [6.07, 6.45) is 1.18. The standard InChI is InChI=1S/C19H23FN2O3S/c1-4-17(19(23)21-13-15-11-9-14(2)10-12-15)22(26(3,24)25)18-8-6-5-7-16(18)20/h5-12,17H,4,13H2,1-3H3,(H,21,23). The van der Waals surface area contributed by atoms with Crippen LogP contribution >= 0.6 is 0 Å². The van der Waals surface area contributed by atoms with E-state index in [1.165, 1.54) is 24.3 Å². The van der Waals surface area contributed by atoms with E-state index >= 15 is 0 Å². The van der Waals surface area contributed by atoms with Crippen molar-refractivity contribution in [2.75, 3.05) is 10.6 Å². The lowest BCUT2D eigenvalue weighted by Crippen LogP contribution is -2.49. The fraction of sp³-hybridized carbons (Fsp3) is 0.316. The normalized spacial score (nSPS) is 12.5. The van der Waals surface area contributed by atoms with Gasteiger partial charge in [0.2, 0.25) is 15.9 Å². The Morgan fingerprint density at radius 2 is 1.77 bits per heavy atom. The van der Waals surface area contributed by atoms with Crippen LogP contribution in [-0.4, -0.2) is 26.6 Å². The van der Waals surface area contributed by atoms with Crippen molar-refractivity contribution in [3.63, 3.8) is 0 Å². The minimum Gasteiger partial charge on any atom is -0.350 e. The molecule has 26 heavy (non-hydrogen) atoms. The molecular weight excluding hydrogens is 355 g/mol. The summed E-state index contributed by atoms with van der Waals surface area (Å²) in [5.74, 6) is -1.16. The molecule has 0 saturated heterocycles. The molecule has 1 unspecified atom stereocenters. The number of carbonyl (C=O) groups excluding carboxylic acids is 1. The molecule has 0 aliphatic heterocycles. The average molecular weight is 378 g/mol. The maximum absolute atomic E-state index is 14.2. The Balaban J connectivity index is 2.25. The lowest BCUT2D eigenvalue weighted by atomic mass is 10.1. The molecule has 0 aliphatic rings. The number of hydrogen-bond acceptors (Lipinski definition) is 3. The van der Waals surface area contributed by atoms with E-state index in [4.69, 9.17) is 0 Å². The van der Waals surface area contributed by atoms with Crippen LogP contribution in [0.5, 0.6) is 0 Å². The van der Waals surface area contributed by atoms with Gasteiger partial charge in [-0.1, -0.05) is 48.9 Å². The number of benzene rings is 2. The molecule has 140 valence electrons. The molecule has 0 saturated carbocycles. The van der Waals surface area contributed by atoms with Crippen LogP contribution < -0.4 is 9.62 Å². The van der Waals surface area contributed by atoms with Crippen LogP contribution in [0.15, 0.2) is 48.5 Å². The second kappa shape index (κ2) is 8.31. The number of para-hydroxylation sites is 1. The third kappa shape index (κ3) is 4.82. The number of anilines is 1. The van der Waals surface area contributed by atoms with Gasteiger partial charge in [-0.25, -0.2) is 12.8 Å². The van der Waals surface area contributed by atoms with Gasteiger partial charge in [0.25, 0.3) is 0 Å². The molecule has 5 nitrogen and oxygen atoms in total. The van der Waals surface area contributed by atoms with Crippen LogP contribution in [0, 0.1) is 12.7 Å². The number of sulfonamides is 1. The van der Waals surface area contributed by atoms with E-state index in [1.54, 1.807) is 6.92 Å². The zero-order valence-electron chi connectivity index (χ0n) is 15.1. The lowest BCUT2D eigenvalue weighted by molar-refractivity contribution is -0.122. The molecular formula is C19H23FN2O3S. The Bertz CT molecular complexity index is 867. The first-order valence-corrected chi connectivity index (χ1v) is 10.2. The summed E-state index contributed by atoms with van der Waals surface area (Å²) in [5, 5.41) is 2.74. The Morgan fingerprint density at radius 3 is 2.31 bits per heavy atom. The quantitative estimate of drug-likeness (QED) is 0.805. The molecule has 1 atom stereocenters. The molecule has 0 aliphatic carbocycles. The van der Waals surface area contributed by atoms with E-state index in [2.05, 4.69) is 5.32 Å².